The van der Waals surface area contributed by atoms with Crippen molar-refractivity contribution in [3.05, 3.63) is 52.5 Å². The van der Waals surface area contributed by atoms with Gasteiger partial charge in [0.05, 0.1) is 34.1 Å². The maximum Gasteiger partial charge on any atom is 0.259 e. The van der Waals surface area contributed by atoms with E-state index < -0.39 is 11.8 Å². The Labute approximate surface area is 167 Å². The van der Waals surface area contributed by atoms with E-state index in [0.29, 0.717) is 27.8 Å². The Balaban J connectivity index is 1.96. The SMILES string of the molecule is COc1cc(C(=O)NCC(=O)N/N=C/c2ccccc2Cl)cc(OC)c1OC. The van der Waals surface area contributed by atoms with Gasteiger partial charge in [-0.2, -0.15) is 5.10 Å². The van der Waals surface area contributed by atoms with Crippen molar-refractivity contribution in [1.82, 2.24) is 10.7 Å². The van der Waals surface area contributed by atoms with Crippen molar-refractivity contribution in [3.63, 3.8) is 0 Å². The van der Waals surface area contributed by atoms with E-state index in [0.717, 1.165) is 0 Å². The molecule has 0 radical (unpaired) electrons. The monoisotopic (exact) mass is 405 g/mol. The Hall–Kier alpha value is -3.26. The molecule has 8 nitrogen and oxygen atoms in total. The van der Waals surface area contributed by atoms with Crippen LogP contribution in [0.4, 0.5) is 0 Å². The molecular formula is C19H20ClN3O5. The van der Waals surface area contributed by atoms with Crippen LogP contribution in [0.5, 0.6) is 17.2 Å². The van der Waals surface area contributed by atoms with Gasteiger partial charge in [-0.25, -0.2) is 5.43 Å². The summed E-state index contributed by atoms with van der Waals surface area (Å²) in [4.78, 5) is 24.2. The molecule has 2 amide bonds. The van der Waals surface area contributed by atoms with Gasteiger partial charge in [0.2, 0.25) is 5.75 Å². The number of benzene rings is 2. The first-order valence-electron chi connectivity index (χ1n) is 8.14. The van der Waals surface area contributed by atoms with Crippen LogP contribution >= 0.6 is 11.6 Å². The Morgan fingerprint density at radius 2 is 1.71 bits per heavy atom. The number of hydrogen-bond donors (Lipinski definition) is 2. The number of nitrogens with one attached hydrogen (secondary N) is 2. The summed E-state index contributed by atoms with van der Waals surface area (Å²) in [6, 6.07) is 10.0. The Morgan fingerprint density at radius 3 is 2.29 bits per heavy atom. The molecule has 0 fully saturated rings. The standard InChI is InChI=1S/C19H20ClN3O5/c1-26-15-8-13(9-16(27-2)18(15)28-3)19(25)21-11-17(24)23-22-10-12-6-4-5-7-14(12)20/h4-10H,11H2,1-3H3,(H,21,25)(H,23,24)/b22-10+. The molecule has 0 aromatic heterocycles. The summed E-state index contributed by atoms with van der Waals surface area (Å²) in [5.74, 6) is 0.0587. The van der Waals surface area contributed by atoms with Crippen LogP contribution in [0.1, 0.15) is 15.9 Å². The number of carbonyl (C=O) groups is 2. The minimum atomic E-state index is -0.496. The average molecular weight is 406 g/mol. The fourth-order valence-corrected chi connectivity index (χ4v) is 2.45. The van der Waals surface area contributed by atoms with Crippen molar-refractivity contribution >= 4 is 29.6 Å². The molecule has 0 aliphatic carbocycles. The fourth-order valence-electron chi connectivity index (χ4n) is 2.27. The molecule has 0 saturated heterocycles. The van der Waals surface area contributed by atoms with Gasteiger partial charge in [0.25, 0.3) is 11.8 Å². The second kappa shape index (κ2) is 10.2. The molecule has 0 aliphatic heterocycles. The van der Waals surface area contributed by atoms with Gasteiger partial charge < -0.3 is 19.5 Å². The molecule has 0 aliphatic rings. The second-order valence-electron chi connectivity index (χ2n) is 5.41. The first-order valence-corrected chi connectivity index (χ1v) is 8.52. The zero-order chi connectivity index (χ0) is 20.5. The van der Waals surface area contributed by atoms with Crippen molar-refractivity contribution in [3.8, 4) is 17.2 Å². The highest BCUT2D eigenvalue weighted by molar-refractivity contribution is 6.33. The summed E-state index contributed by atoms with van der Waals surface area (Å²) in [7, 11) is 4.36. The van der Waals surface area contributed by atoms with Crippen molar-refractivity contribution in [2.75, 3.05) is 27.9 Å². The first-order chi connectivity index (χ1) is 13.5. The lowest BCUT2D eigenvalue weighted by Gasteiger charge is -2.14. The highest BCUT2D eigenvalue weighted by Gasteiger charge is 2.17. The summed E-state index contributed by atoms with van der Waals surface area (Å²) in [6.45, 7) is -0.268. The fraction of sp³-hybridized carbons (Fsp3) is 0.211. The van der Waals surface area contributed by atoms with Crippen molar-refractivity contribution < 1.29 is 23.8 Å². The van der Waals surface area contributed by atoms with Crippen molar-refractivity contribution in [1.29, 1.82) is 0 Å². The second-order valence-corrected chi connectivity index (χ2v) is 5.82. The maximum atomic E-state index is 12.3. The zero-order valence-corrected chi connectivity index (χ0v) is 16.4. The summed E-state index contributed by atoms with van der Waals surface area (Å²) in [5.41, 5.74) is 3.23. The van der Waals surface area contributed by atoms with Gasteiger partial charge in [-0.1, -0.05) is 29.8 Å². The van der Waals surface area contributed by atoms with Crippen molar-refractivity contribution in [2.45, 2.75) is 0 Å². The normalized spacial score (nSPS) is 10.4. The molecule has 0 spiro atoms. The van der Waals surface area contributed by atoms with Crippen LogP contribution in [0.15, 0.2) is 41.5 Å². The number of hydrogen-bond acceptors (Lipinski definition) is 6. The first kappa shape index (κ1) is 21.0. The zero-order valence-electron chi connectivity index (χ0n) is 15.6. The summed E-state index contributed by atoms with van der Waals surface area (Å²) < 4.78 is 15.6. The van der Waals surface area contributed by atoms with E-state index >= 15 is 0 Å². The highest BCUT2D eigenvalue weighted by atomic mass is 35.5. The molecule has 2 rings (SSSR count). The molecule has 0 atom stereocenters. The van der Waals surface area contributed by atoms with Crippen LogP contribution in [0, 0.1) is 0 Å². The summed E-state index contributed by atoms with van der Waals surface area (Å²) >= 11 is 5.99. The van der Waals surface area contributed by atoms with Crippen molar-refractivity contribution in [2.24, 2.45) is 5.10 Å². The molecule has 2 aromatic carbocycles. The number of methoxy groups -OCH3 is 3. The molecule has 0 bridgehead atoms. The third-order valence-corrected chi connectivity index (χ3v) is 3.98. The number of rotatable bonds is 8. The minimum absolute atomic E-state index is 0.252. The van der Waals surface area contributed by atoms with Gasteiger partial charge in [0.15, 0.2) is 11.5 Å². The number of ether oxygens (including phenoxy) is 3. The van der Waals surface area contributed by atoms with Crippen LogP contribution in [0.3, 0.4) is 0 Å². The van der Waals surface area contributed by atoms with E-state index in [-0.39, 0.29) is 12.1 Å². The van der Waals surface area contributed by atoms with Crippen LogP contribution in [-0.2, 0) is 4.79 Å². The van der Waals surface area contributed by atoms with Crippen LogP contribution in [-0.4, -0.2) is 45.9 Å². The van der Waals surface area contributed by atoms with Gasteiger partial charge in [-0.3, -0.25) is 9.59 Å². The molecular weight excluding hydrogens is 386 g/mol. The third kappa shape index (κ3) is 5.37. The predicted octanol–water partition coefficient (Wildman–Crippen LogP) is 2.25. The quantitative estimate of drug-likeness (QED) is 0.518. The lowest BCUT2D eigenvalue weighted by molar-refractivity contribution is -0.120. The van der Waals surface area contributed by atoms with E-state index in [4.69, 9.17) is 25.8 Å². The smallest absolute Gasteiger partial charge is 0.259 e. The Morgan fingerprint density at radius 1 is 1.07 bits per heavy atom. The Bertz CT molecular complexity index is 861. The largest absolute Gasteiger partial charge is 0.493 e. The molecule has 2 N–H and O–H groups in total. The molecule has 9 heteroatoms. The number of nitrogens with zero attached hydrogens (tertiary/aromatic N) is 1. The van der Waals surface area contributed by atoms with Gasteiger partial charge in [-0.15, -0.1) is 0 Å². The van der Waals surface area contributed by atoms with Gasteiger partial charge in [0.1, 0.15) is 0 Å². The lowest BCUT2D eigenvalue weighted by atomic mass is 10.1. The van der Waals surface area contributed by atoms with Crippen LogP contribution in [0.25, 0.3) is 0 Å². The van der Waals surface area contributed by atoms with Crippen LogP contribution < -0.4 is 25.0 Å². The molecule has 0 unspecified atom stereocenters. The van der Waals surface area contributed by atoms with E-state index in [2.05, 4.69) is 15.8 Å². The van der Waals surface area contributed by atoms with E-state index in [1.54, 1.807) is 24.3 Å². The molecule has 2 aromatic rings. The van der Waals surface area contributed by atoms with Gasteiger partial charge >= 0.3 is 0 Å². The number of amides is 2. The van der Waals surface area contributed by atoms with E-state index in [9.17, 15) is 9.59 Å². The molecule has 148 valence electrons. The number of halogens is 1. The minimum Gasteiger partial charge on any atom is -0.493 e. The predicted molar refractivity (Wildman–Crippen MR) is 106 cm³/mol. The highest BCUT2D eigenvalue weighted by Crippen LogP contribution is 2.38. The molecule has 0 heterocycles. The van der Waals surface area contributed by atoms with Gasteiger partial charge in [0, 0.05) is 16.1 Å². The Kier molecular flexibility index (Phi) is 7.65. The molecule has 0 saturated carbocycles. The van der Waals surface area contributed by atoms with E-state index in [1.165, 1.54) is 39.7 Å². The van der Waals surface area contributed by atoms with Gasteiger partial charge in [-0.05, 0) is 18.2 Å². The average Bonchev–Trinajstić information content (AvgIpc) is 2.72. The maximum absolute atomic E-state index is 12.3. The summed E-state index contributed by atoms with van der Waals surface area (Å²) in [6.07, 6.45) is 1.42. The lowest BCUT2D eigenvalue weighted by Crippen LogP contribution is -2.35. The van der Waals surface area contributed by atoms with E-state index in [1.807, 2.05) is 0 Å². The topological polar surface area (TPSA) is 98.2 Å². The number of carbonyl (C=O) groups excluding carboxylic acids is 2. The van der Waals surface area contributed by atoms with Crippen LogP contribution in [0.2, 0.25) is 5.02 Å². The number of hydrazone groups is 1. The molecule has 28 heavy (non-hydrogen) atoms. The third-order valence-electron chi connectivity index (χ3n) is 3.63. The summed E-state index contributed by atoms with van der Waals surface area (Å²) in [5, 5.41) is 6.82.